The first kappa shape index (κ1) is 13.8. The number of benzene rings is 3. The average molecular weight is 314 g/mol. The first-order valence-electron chi connectivity index (χ1n) is 6.72. The summed E-state index contributed by atoms with van der Waals surface area (Å²) in [7, 11) is 0. The van der Waals surface area contributed by atoms with Crippen LogP contribution in [0.15, 0.2) is 58.1 Å². The molecule has 0 aliphatic rings. The zero-order chi connectivity index (χ0) is 15.4. The van der Waals surface area contributed by atoms with Crippen LogP contribution >= 0.6 is 0 Å². The molecule has 0 aliphatic heterocycles. The second kappa shape index (κ2) is 4.85. The molecule has 22 heavy (non-hydrogen) atoms. The average Bonchev–Trinajstić information content (AvgIpc) is 2.57. The molecular formula is C16H8Al2N2O2. The van der Waals surface area contributed by atoms with Gasteiger partial charge in [0, 0.05) is 21.8 Å². The highest BCUT2D eigenvalue weighted by atomic mass is 27.1. The standard InChI is InChI=1S/C16H10N2O2.2Al/c19-15-16(20)18-14-12-8-4-2-6-10(12)9-5-1-3-7-11(9)13(14)17-15;;/h1-8H,(H2,17,18,19,20);;/q;2*+1/p-2. The molecule has 100 valence electrons. The summed E-state index contributed by atoms with van der Waals surface area (Å²) in [6.45, 7) is 0. The molecule has 0 atom stereocenters. The molecule has 0 unspecified atom stereocenters. The second-order valence-corrected chi connectivity index (χ2v) is 6.17. The van der Waals surface area contributed by atoms with E-state index in [1.165, 1.54) is 7.10 Å². The van der Waals surface area contributed by atoms with Gasteiger partial charge in [-0.15, -0.1) is 0 Å². The van der Waals surface area contributed by atoms with Gasteiger partial charge in [0.1, 0.15) is 0 Å². The van der Waals surface area contributed by atoms with E-state index >= 15 is 0 Å². The van der Waals surface area contributed by atoms with E-state index in [4.69, 9.17) is 0 Å². The van der Waals surface area contributed by atoms with Crippen molar-refractivity contribution in [2.45, 2.75) is 0 Å². The summed E-state index contributed by atoms with van der Waals surface area (Å²) in [5.74, 6) is 0. The van der Waals surface area contributed by atoms with Gasteiger partial charge >= 0.3 is 33.0 Å². The van der Waals surface area contributed by atoms with Crippen LogP contribution in [0.4, 0.5) is 0 Å². The highest BCUT2D eigenvalue weighted by Crippen LogP contribution is 2.32. The van der Waals surface area contributed by atoms with Crippen molar-refractivity contribution in [3.8, 4) is 0 Å². The van der Waals surface area contributed by atoms with Crippen molar-refractivity contribution in [3.05, 3.63) is 69.2 Å². The Balaban J connectivity index is 2.56. The summed E-state index contributed by atoms with van der Waals surface area (Å²) in [4.78, 5) is 24.4. The smallest absolute Gasteiger partial charge is 0.323 e. The van der Waals surface area contributed by atoms with E-state index in [1.54, 1.807) is 0 Å². The van der Waals surface area contributed by atoms with Crippen LogP contribution in [0.25, 0.3) is 32.6 Å². The SMILES string of the molecule is O=c1c(=O)[n]([Al])c2c3ccccc3c3ccccc3c2[n]1[Al]. The highest BCUT2D eigenvalue weighted by molar-refractivity contribution is 6.28. The molecule has 1 heterocycles. The maximum absolute atomic E-state index is 12.2. The summed E-state index contributed by atoms with van der Waals surface area (Å²) in [6, 6.07) is 15.8. The first-order valence-corrected chi connectivity index (χ1v) is 7.76. The molecule has 1 aromatic heterocycles. The van der Waals surface area contributed by atoms with Crippen molar-refractivity contribution in [1.82, 2.24) is 7.10 Å². The van der Waals surface area contributed by atoms with Crippen LogP contribution in [0.5, 0.6) is 0 Å². The summed E-state index contributed by atoms with van der Waals surface area (Å²) < 4.78 is 2.74. The molecule has 4 aromatic rings. The van der Waals surface area contributed by atoms with E-state index in [0.717, 1.165) is 32.6 Å². The van der Waals surface area contributed by atoms with Crippen LogP contribution in [0.1, 0.15) is 0 Å². The minimum atomic E-state index is -0.562. The molecule has 0 saturated heterocycles. The monoisotopic (exact) mass is 314 g/mol. The van der Waals surface area contributed by atoms with E-state index in [2.05, 4.69) is 33.0 Å². The predicted molar refractivity (Wildman–Crippen MR) is 89.8 cm³/mol. The molecule has 6 heteroatoms. The van der Waals surface area contributed by atoms with Crippen molar-refractivity contribution in [2.24, 2.45) is 0 Å². The van der Waals surface area contributed by atoms with Gasteiger partial charge in [-0.2, -0.15) is 0 Å². The second-order valence-electron chi connectivity index (χ2n) is 5.14. The lowest BCUT2D eigenvalue weighted by atomic mass is 10.00. The van der Waals surface area contributed by atoms with Crippen molar-refractivity contribution < 1.29 is 0 Å². The van der Waals surface area contributed by atoms with Crippen LogP contribution < -0.4 is 11.1 Å². The fraction of sp³-hybridized carbons (Fsp3) is 0. The lowest BCUT2D eigenvalue weighted by Crippen LogP contribution is -2.40. The third-order valence-electron chi connectivity index (χ3n) is 3.98. The van der Waals surface area contributed by atoms with Crippen molar-refractivity contribution in [2.75, 3.05) is 0 Å². The number of hydrogen-bond donors (Lipinski definition) is 0. The van der Waals surface area contributed by atoms with Gasteiger partial charge in [-0.05, 0) is 10.8 Å². The van der Waals surface area contributed by atoms with E-state index < -0.39 is 11.1 Å². The number of rotatable bonds is 0. The molecule has 0 fully saturated rings. The van der Waals surface area contributed by atoms with Crippen LogP contribution in [0, 0.1) is 0 Å². The lowest BCUT2D eigenvalue weighted by Gasteiger charge is -2.17. The predicted octanol–water partition coefficient (Wildman–Crippen LogP) is 1.33. The summed E-state index contributed by atoms with van der Waals surface area (Å²) in [5, 5.41) is 4.01. The minimum Gasteiger partial charge on any atom is -0.415 e. The zero-order valence-electron chi connectivity index (χ0n) is 11.5. The lowest BCUT2D eigenvalue weighted by molar-refractivity contribution is 1.05. The zero-order valence-corrected chi connectivity index (χ0v) is 13.8. The number of nitrogens with zero attached hydrogens (tertiary/aromatic N) is 2. The molecule has 0 aliphatic carbocycles. The van der Waals surface area contributed by atoms with Gasteiger partial charge < -0.3 is 7.10 Å². The number of aromatic nitrogens is 2. The first-order chi connectivity index (χ1) is 10.6. The quantitative estimate of drug-likeness (QED) is 0.279. The van der Waals surface area contributed by atoms with Crippen LogP contribution in [-0.4, -0.2) is 40.1 Å². The van der Waals surface area contributed by atoms with E-state index in [0.29, 0.717) is 0 Å². The normalized spacial score (nSPS) is 11.5. The Morgan fingerprint density at radius 1 is 0.591 bits per heavy atom. The van der Waals surface area contributed by atoms with Gasteiger partial charge in [-0.1, -0.05) is 48.5 Å². The highest BCUT2D eigenvalue weighted by Gasteiger charge is 2.13. The third kappa shape index (κ3) is 1.70. The summed E-state index contributed by atoms with van der Waals surface area (Å²) in [5.41, 5.74) is 0.346. The van der Waals surface area contributed by atoms with E-state index in [-0.39, 0.29) is 0 Å². The summed E-state index contributed by atoms with van der Waals surface area (Å²) in [6.07, 6.45) is 0. The van der Waals surface area contributed by atoms with E-state index in [9.17, 15) is 9.59 Å². The Bertz CT molecular complexity index is 1100. The Morgan fingerprint density at radius 3 is 1.27 bits per heavy atom. The Kier molecular flexibility index (Phi) is 3.04. The third-order valence-corrected chi connectivity index (χ3v) is 4.97. The molecule has 4 rings (SSSR count). The molecule has 3 aromatic carbocycles. The van der Waals surface area contributed by atoms with E-state index in [1.807, 2.05) is 48.5 Å². The minimum absolute atomic E-state index is 0.562. The topological polar surface area (TPSA) is 44.0 Å². The molecule has 0 amide bonds. The van der Waals surface area contributed by atoms with Crippen molar-refractivity contribution in [3.63, 3.8) is 0 Å². The molecule has 0 saturated carbocycles. The van der Waals surface area contributed by atoms with Crippen LogP contribution in [0.2, 0.25) is 0 Å². The van der Waals surface area contributed by atoms with Crippen LogP contribution in [0.3, 0.4) is 0 Å². The maximum atomic E-state index is 12.2. The van der Waals surface area contributed by atoms with Crippen molar-refractivity contribution >= 4 is 65.6 Å². The molecular weight excluding hydrogens is 306 g/mol. The number of fused-ring (bicyclic) bond motifs is 6. The van der Waals surface area contributed by atoms with Gasteiger partial charge in [0.2, 0.25) is 0 Å². The molecule has 4 nitrogen and oxygen atoms in total. The summed E-state index contributed by atoms with van der Waals surface area (Å²) >= 11 is 4.73. The van der Waals surface area contributed by atoms with Gasteiger partial charge in [0.25, 0.3) is 11.1 Å². The van der Waals surface area contributed by atoms with Crippen LogP contribution in [-0.2, 0) is 0 Å². The maximum Gasteiger partial charge on any atom is 0.323 e. The Morgan fingerprint density at radius 2 is 0.909 bits per heavy atom. The largest absolute Gasteiger partial charge is 0.415 e. The Hall–Kier alpha value is -1.82. The van der Waals surface area contributed by atoms with Crippen molar-refractivity contribution in [1.29, 1.82) is 0 Å². The number of hydrogen-bond acceptors (Lipinski definition) is 2. The van der Waals surface area contributed by atoms with Gasteiger partial charge in [0.05, 0.1) is 0 Å². The van der Waals surface area contributed by atoms with Gasteiger partial charge in [-0.3, -0.25) is 9.59 Å². The molecule has 4 radical (unpaired) electrons. The fourth-order valence-electron chi connectivity index (χ4n) is 3.00. The molecule has 0 spiro atoms. The molecule has 0 N–H and O–H groups in total. The fourth-order valence-corrected chi connectivity index (χ4v) is 3.74. The Labute approximate surface area is 141 Å². The van der Waals surface area contributed by atoms with Gasteiger partial charge in [0.15, 0.2) is 0 Å². The molecule has 0 bridgehead atoms. The van der Waals surface area contributed by atoms with Gasteiger partial charge in [-0.25, -0.2) is 0 Å².